The zero-order valence-electron chi connectivity index (χ0n) is 13.5. The molecule has 5 nitrogen and oxygen atoms in total. The molecule has 1 amide bonds. The Morgan fingerprint density at radius 2 is 2.00 bits per heavy atom. The number of rotatable bonds is 5. The summed E-state index contributed by atoms with van der Waals surface area (Å²) in [6.45, 7) is 1.56. The van der Waals surface area contributed by atoms with Crippen LogP contribution >= 0.6 is 0 Å². The average molecular weight is 314 g/mol. The van der Waals surface area contributed by atoms with Gasteiger partial charge in [0.15, 0.2) is 0 Å². The topological polar surface area (TPSA) is 64.8 Å². The number of carbonyl (C=O) groups excluding carboxylic acids is 1. The van der Waals surface area contributed by atoms with E-state index in [4.69, 9.17) is 15.2 Å². The van der Waals surface area contributed by atoms with Crippen LogP contribution in [0.25, 0.3) is 10.8 Å². The Labute approximate surface area is 136 Å². The fourth-order valence-electron chi connectivity index (χ4n) is 3.45. The lowest BCUT2D eigenvalue weighted by molar-refractivity contribution is -0.122. The molecule has 0 radical (unpaired) electrons. The molecule has 0 saturated carbocycles. The van der Waals surface area contributed by atoms with E-state index in [-0.39, 0.29) is 11.9 Å². The van der Waals surface area contributed by atoms with Crippen LogP contribution in [0.15, 0.2) is 30.3 Å². The van der Waals surface area contributed by atoms with Gasteiger partial charge in [-0.1, -0.05) is 18.2 Å². The Morgan fingerprint density at radius 3 is 2.70 bits per heavy atom. The third-order valence-electron chi connectivity index (χ3n) is 4.55. The van der Waals surface area contributed by atoms with E-state index in [1.807, 2.05) is 30.3 Å². The van der Waals surface area contributed by atoms with Crippen molar-refractivity contribution in [3.05, 3.63) is 35.9 Å². The molecule has 3 rings (SSSR count). The van der Waals surface area contributed by atoms with Crippen LogP contribution in [0.5, 0.6) is 11.5 Å². The van der Waals surface area contributed by atoms with E-state index >= 15 is 0 Å². The third-order valence-corrected chi connectivity index (χ3v) is 4.55. The SMILES string of the molecule is COc1ccc(CN2CCC[C@@H]2C(N)=O)c2c(OC)cccc12. The van der Waals surface area contributed by atoms with E-state index in [0.717, 1.165) is 47.2 Å². The first-order chi connectivity index (χ1) is 11.2. The van der Waals surface area contributed by atoms with Crippen molar-refractivity contribution in [1.29, 1.82) is 0 Å². The number of nitrogens with two attached hydrogens (primary N) is 1. The van der Waals surface area contributed by atoms with Crippen LogP contribution in [0.3, 0.4) is 0 Å². The molecule has 2 N–H and O–H groups in total. The van der Waals surface area contributed by atoms with Gasteiger partial charge in [-0.2, -0.15) is 0 Å². The maximum absolute atomic E-state index is 11.6. The third kappa shape index (κ3) is 2.84. The summed E-state index contributed by atoms with van der Waals surface area (Å²) < 4.78 is 11.0. The maximum atomic E-state index is 11.6. The predicted molar refractivity (Wildman–Crippen MR) is 89.7 cm³/mol. The number of likely N-dealkylation sites (tertiary alicyclic amines) is 1. The van der Waals surface area contributed by atoms with Crippen LogP contribution in [0.1, 0.15) is 18.4 Å². The van der Waals surface area contributed by atoms with Crippen molar-refractivity contribution in [2.24, 2.45) is 5.73 Å². The number of hydrogen-bond acceptors (Lipinski definition) is 4. The van der Waals surface area contributed by atoms with Crippen LogP contribution in [-0.4, -0.2) is 37.6 Å². The zero-order chi connectivity index (χ0) is 16.4. The molecule has 2 aromatic rings. The quantitative estimate of drug-likeness (QED) is 0.920. The summed E-state index contributed by atoms with van der Waals surface area (Å²) >= 11 is 0. The molecule has 0 unspecified atom stereocenters. The summed E-state index contributed by atoms with van der Waals surface area (Å²) in [5.74, 6) is 1.38. The molecule has 0 aromatic heterocycles. The first-order valence-electron chi connectivity index (χ1n) is 7.81. The molecule has 23 heavy (non-hydrogen) atoms. The Morgan fingerprint density at radius 1 is 1.22 bits per heavy atom. The highest BCUT2D eigenvalue weighted by molar-refractivity contribution is 5.95. The molecule has 122 valence electrons. The average Bonchev–Trinajstić information content (AvgIpc) is 3.03. The van der Waals surface area contributed by atoms with Crippen LogP contribution in [0.4, 0.5) is 0 Å². The van der Waals surface area contributed by atoms with Gasteiger partial charge in [-0.05, 0) is 37.1 Å². The van der Waals surface area contributed by atoms with Crippen LogP contribution in [0.2, 0.25) is 0 Å². The van der Waals surface area contributed by atoms with Gasteiger partial charge in [-0.3, -0.25) is 9.69 Å². The van der Waals surface area contributed by atoms with Crippen molar-refractivity contribution in [2.45, 2.75) is 25.4 Å². The van der Waals surface area contributed by atoms with Crippen LogP contribution in [0, 0.1) is 0 Å². The Bertz CT molecular complexity index is 730. The number of fused-ring (bicyclic) bond motifs is 1. The van der Waals surface area contributed by atoms with Gasteiger partial charge in [0.25, 0.3) is 0 Å². The lowest BCUT2D eigenvalue weighted by Gasteiger charge is -2.23. The van der Waals surface area contributed by atoms with Gasteiger partial charge >= 0.3 is 0 Å². The number of nitrogens with zero attached hydrogens (tertiary/aromatic N) is 1. The summed E-state index contributed by atoms with van der Waals surface area (Å²) in [4.78, 5) is 13.8. The number of hydrogen-bond donors (Lipinski definition) is 1. The van der Waals surface area contributed by atoms with Gasteiger partial charge in [0.05, 0.1) is 20.3 Å². The Balaban J connectivity index is 2.05. The molecule has 1 fully saturated rings. The van der Waals surface area contributed by atoms with Crippen LogP contribution in [-0.2, 0) is 11.3 Å². The minimum absolute atomic E-state index is 0.179. The molecule has 1 atom stereocenters. The molecule has 5 heteroatoms. The van der Waals surface area contributed by atoms with Gasteiger partial charge in [-0.15, -0.1) is 0 Å². The van der Waals surface area contributed by atoms with Crippen molar-refractivity contribution in [1.82, 2.24) is 4.90 Å². The molecule has 0 bridgehead atoms. The van der Waals surface area contributed by atoms with Crippen molar-refractivity contribution >= 4 is 16.7 Å². The standard InChI is InChI=1S/C18H22N2O3/c1-22-15-9-8-12(11-20-10-4-6-14(20)18(19)21)17-13(15)5-3-7-16(17)23-2/h3,5,7-9,14H,4,6,10-11H2,1-2H3,(H2,19,21)/t14-/m1/s1. The number of ether oxygens (including phenoxy) is 2. The molecule has 0 spiro atoms. The number of methoxy groups -OCH3 is 2. The van der Waals surface area contributed by atoms with E-state index in [1.165, 1.54) is 0 Å². The van der Waals surface area contributed by atoms with E-state index in [9.17, 15) is 4.79 Å². The highest BCUT2D eigenvalue weighted by Gasteiger charge is 2.29. The van der Waals surface area contributed by atoms with E-state index < -0.39 is 0 Å². The molecule has 1 aliphatic heterocycles. The molecular weight excluding hydrogens is 292 g/mol. The number of carbonyl (C=O) groups is 1. The molecular formula is C18H22N2O3. The summed E-state index contributed by atoms with van der Waals surface area (Å²) in [5.41, 5.74) is 6.65. The summed E-state index contributed by atoms with van der Waals surface area (Å²) in [6, 6.07) is 9.75. The van der Waals surface area contributed by atoms with Gasteiger partial charge in [0, 0.05) is 17.3 Å². The molecule has 1 heterocycles. The highest BCUT2D eigenvalue weighted by Crippen LogP contribution is 2.36. The number of amides is 1. The van der Waals surface area contributed by atoms with E-state index in [0.29, 0.717) is 6.54 Å². The molecule has 2 aromatic carbocycles. The second kappa shape index (κ2) is 6.46. The fraction of sp³-hybridized carbons (Fsp3) is 0.389. The maximum Gasteiger partial charge on any atom is 0.234 e. The Kier molecular flexibility index (Phi) is 4.39. The number of benzene rings is 2. The first kappa shape index (κ1) is 15.6. The number of primary amides is 1. The lowest BCUT2D eigenvalue weighted by atomic mass is 10.0. The fourth-order valence-corrected chi connectivity index (χ4v) is 3.45. The molecule has 1 aliphatic rings. The smallest absolute Gasteiger partial charge is 0.234 e. The van der Waals surface area contributed by atoms with Gasteiger partial charge in [0.2, 0.25) is 5.91 Å². The van der Waals surface area contributed by atoms with Gasteiger partial charge < -0.3 is 15.2 Å². The van der Waals surface area contributed by atoms with Crippen LogP contribution < -0.4 is 15.2 Å². The van der Waals surface area contributed by atoms with E-state index in [1.54, 1.807) is 14.2 Å². The van der Waals surface area contributed by atoms with Crippen molar-refractivity contribution in [3.8, 4) is 11.5 Å². The largest absolute Gasteiger partial charge is 0.496 e. The zero-order valence-corrected chi connectivity index (χ0v) is 13.5. The van der Waals surface area contributed by atoms with Crippen molar-refractivity contribution in [2.75, 3.05) is 20.8 Å². The summed E-state index contributed by atoms with van der Waals surface area (Å²) in [5, 5.41) is 2.05. The minimum Gasteiger partial charge on any atom is -0.496 e. The molecule has 0 aliphatic carbocycles. The first-order valence-corrected chi connectivity index (χ1v) is 7.81. The molecule has 1 saturated heterocycles. The minimum atomic E-state index is -0.243. The monoisotopic (exact) mass is 314 g/mol. The van der Waals surface area contributed by atoms with Crippen molar-refractivity contribution < 1.29 is 14.3 Å². The van der Waals surface area contributed by atoms with Crippen molar-refractivity contribution in [3.63, 3.8) is 0 Å². The summed E-state index contributed by atoms with van der Waals surface area (Å²) in [7, 11) is 3.33. The van der Waals surface area contributed by atoms with E-state index in [2.05, 4.69) is 4.90 Å². The highest BCUT2D eigenvalue weighted by atomic mass is 16.5. The summed E-state index contributed by atoms with van der Waals surface area (Å²) in [6.07, 6.45) is 1.83. The normalized spacial score (nSPS) is 18.3. The second-order valence-corrected chi connectivity index (χ2v) is 5.84. The lowest BCUT2D eigenvalue weighted by Crippen LogP contribution is -2.39. The van der Waals surface area contributed by atoms with Gasteiger partial charge in [0.1, 0.15) is 11.5 Å². The predicted octanol–water partition coefficient (Wildman–Crippen LogP) is 2.31. The Hall–Kier alpha value is -2.27. The van der Waals surface area contributed by atoms with Gasteiger partial charge in [-0.25, -0.2) is 0 Å². The second-order valence-electron chi connectivity index (χ2n) is 5.84.